The molecule has 0 atom stereocenters. The summed E-state index contributed by atoms with van der Waals surface area (Å²) in [5.74, 6) is -1.97. The Bertz CT molecular complexity index is 736. The summed E-state index contributed by atoms with van der Waals surface area (Å²) in [6.45, 7) is -0.416. The minimum Gasteiger partial charge on any atom is -0.503 e. The highest BCUT2D eigenvalue weighted by atomic mass is 16.3. The minimum atomic E-state index is -0.735. The lowest BCUT2D eigenvalue weighted by Crippen LogP contribution is -2.40. The molecule has 138 valence electrons. The Morgan fingerprint density at radius 2 is 1.81 bits per heavy atom. The fourth-order valence-corrected chi connectivity index (χ4v) is 3.68. The molecule has 0 unspecified atom stereocenters. The molecule has 1 saturated carbocycles. The van der Waals surface area contributed by atoms with Crippen LogP contribution in [0.2, 0.25) is 0 Å². The molecule has 0 radical (unpaired) electrons. The molecular weight excluding hydrogens is 334 g/mol. The van der Waals surface area contributed by atoms with Crippen LogP contribution in [0.4, 0.5) is 0 Å². The number of nitrogens with two attached hydrogens (primary N) is 1. The number of rotatable bonds is 5. The summed E-state index contributed by atoms with van der Waals surface area (Å²) < 4.78 is 0. The van der Waals surface area contributed by atoms with Crippen LogP contribution in [0, 0.1) is 0 Å². The van der Waals surface area contributed by atoms with E-state index in [9.17, 15) is 19.5 Å². The number of aliphatic hydroxyl groups excluding tert-OH is 1. The van der Waals surface area contributed by atoms with Crippen molar-refractivity contribution in [3.63, 3.8) is 0 Å². The predicted octanol–water partition coefficient (Wildman–Crippen LogP) is 0.969. The van der Waals surface area contributed by atoms with E-state index in [2.05, 4.69) is 17.4 Å². The SMILES string of the molecule is NC(=O)CN1CC(C(=O)NC2CCC(c3ccccc3)CC2)=C(O)C1=O. The van der Waals surface area contributed by atoms with E-state index >= 15 is 0 Å². The second-order valence-electron chi connectivity index (χ2n) is 6.89. The van der Waals surface area contributed by atoms with Gasteiger partial charge in [0.2, 0.25) is 5.91 Å². The van der Waals surface area contributed by atoms with E-state index < -0.39 is 23.5 Å². The average molecular weight is 357 g/mol. The summed E-state index contributed by atoms with van der Waals surface area (Å²) in [5.41, 5.74) is 6.40. The molecule has 0 saturated heterocycles. The maximum atomic E-state index is 12.4. The molecule has 7 nitrogen and oxygen atoms in total. The third-order valence-electron chi connectivity index (χ3n) is 5.08. The van der Waals surface area contributed by atoms with Crippen LogP contribution in [0.15, 0.2) is 41.7 Å². The molecule has 1 aliphatic carbocycles. The number of carbonyl (C=O) groups excluding carboxylic acids is 3. The number of nitrogens with one attached hydrogen (secondary N) is 1. The third kappa shape index (κ3) is 3.87. The number of benzene rings is 1. The molecule has 4 N–H and O–H groups in total. The third-order valence-corrected chi connectivity index (χ3v) is 5.08. The van der Waals surface area contributed by atoms with E-state index in [4.69, 9.17) is 5.73 Å². The normalized spacial score (nSPS) is 23.2. The van der Waals surface area contributed by atoms with Gasteiger partial charge in [0.1, 0.15) is 6.54 Å². The summed E-state index contributed by atoms with van der Waals surface area (Å²) in [5, 5.41) is 12.8. The van der Waals surface area contributed by atoms with Crippen molar-refractivity contribution in [1.29, 1.82) is 0 Å². The van der Waals surface area contributed by atoms with Crippen LogP contribution >= 0.6 is 0 Å². The Morgan fingerprint density at radius 3 is 2.42 bits per heavy atom. The van der Waals surface area contributed by atoms with E-state index in [0.29, 0.717) is 5.92 Å². The first-order valence-electron chi connectivity index (χ1n) is 8.81. The van der Waals surface area contributed by atoms with Crippen LogP contribution in [-0.4, -0.2) is 46.9 Å². The molecule has 1 aromatic rings. The van der Waals surface area contributed by atoms with E-state index in [0.717, 1.165) is 30.6 Å². The molecule has 1 aliphatic heterocycles. The number of nitrogens with zero attached hydrogens (tertiary/aromatic N) is 1. The summed E-state index contributed by atoms with van der Waals surface area (Å²) in [4.78, 5) is 36.4. The summed E-state index contributed by atoms with van der Waals surface area (Å²) in [6.07, 6.45) is 3.65. The molecule has 0 aromatic heterocycles. The van der Waals surface area contributed by atoms with Crippen molar-refractivity contribution in [3.05, 3.63) is 47.2 Å². The lowest BCUT2D eigenvalue weighted by Gasteiger charge is -2.29. The fourth-order valence-electron chi connectivity index (χ4n) is 3.68. The fraction of sp³-hybridized carbons (Fsp3) is 0.421. The van der Waals surface area contributed by atoms with Gasteiger partial charge in [-0.25, -0.2) is 0 Å². The zero-order chi connectivity index (χ0) is 18.7. The van der Waals surface area contributed by atoms with Gasteiger partial charge in [-0.2, -0.15) is 0 Å². The highest BCUT2D eigenvalue weighted by Crippen LogP contribution is 2.32. The maximum Gasteiger partial charge on any atom is 0.290 e. The number of hydrogen-bond acceptors (Lipinski definition) is 4. The van der Waals surface area contributed by atoms with Gasteiger partial charge in [0, 0.05) is 6.04 Å². The first-order valence-corrected chi connectivity index (χ1v) is 8.81. The zero-order valence-corrected chi connectivity index (χ0v) is 14.5. The standard InChI is InChI=1S/C19H23N3O4/c20-16(23)11-22-10-15(17(24)19(22)26)18(25)21-14-8-6-13(7-9-14)12-4-2-1-3-5-12/h1-5,13-14,24H,6-11H2,(H2,20,23)(H,21,25). The maximum absolute atomic E-state index is 12.4. The summed E-state index contributed by atoms with van der Waals surface area (Å²) >= 11 is 0. The Hall–Kier alpha value is -2.83. The topological polar surface area (TPSA) is 113 Å². The van der Waals surface area contributed by atoms with Gasteiger partial charge in [-0.15, -0.1) is 0 Å². The predicted molar refractivity (Wildman–Crippen MR) is 95.0 cm³/mol. The number of hydrogen-bond donors (Lipinski definition) is 3. The molecule has 0 spiro atoms. The summed E-state index contributed by atoms with van der Waals surface area (Å²) in [6, 6.07) is 10.3. The molecule has 26 heavy (non-hydrogen) atoms. The summed E-state index contributed by atoms with van der Waals surface area (Å²) in [7, 11) is 0. The van der Waals surface area contributed by atoms with Gasteiger partial charge in [0.05, 0.1) is 12.1 Å². The number of amides is 3. The Balaban J connectivity index is 1.55. The first-order chi connectivity index (χ1) is 12.5. The van der Waals surface area contributed by atoms with Crippen molar-refractivity contribution < 1.29 is 19.5 Å². The highest BCUT2D eigenvalue weighted by Gasteiger charge is 2.35. The van der Waals surface area contributed by atoms with Crippen molar-refractivity contribution in [2.75, 3.05) is 13.1 Å². The van der Waals surface area contributed by atoms with Gasteiger partial charge in [-0.1, -0.05) is 30.3 Å². The van der Waals surface area contributed by atoms with Gasteiger partial charge in [-0.05, 0) is 37.2 Å². The number of aliphatic hydroxyl groups is 1. The van der Waals surface area contributed by atoms with E-state index in [-0.39, 0.29) is 24.7 Å². The quantitative estimate of drug-likeness (QED) is 0.729. The molecule has 3 amide bonds. The smallest absolute Gasteiger partial charge is 0.290 e. The van der Waals surface area contributed by atoms with Crippen molar-refractivity contribution in [1.82, 2.24) is 10.2 Å². The zero-order valence-electron chi connectivity index (χ0n) is 14.5. The number of primary amides is 1. The Kier molecular flexibility index (Phi) is 5.25. The van der Waals surface area contributed by atoms with E-state index in [1.54, 1.807) is 0 Å². The average Bonchev–Trinajstić information content (AvgIpc) is 2.91. The monoisotopic (exact) mass is 357 g/mol. The van der Waals surface area contributed by atoms with Crippen molar-refractivity contribution in [3.8, 4) is 0 Å². The van der Waals surface area contributed by atoms with Gasteiger partial charge in [0.15, 0.2) is 5.76 Å². The van der Waals surface area contributed by atoms with Crippen LogP contribution in [0.1, 0.15) is 37.2 Å². The molecule has 1 fully saturated rings. The van der Waals surface area contributed by atoms with Gasteiger partial charge < -0.3 is 21.1 Å². The molecule has 7 heteroatoms. The second kappa shape index (κ2) is 7.59. The van der Waals surface area contributed by atoms with Crippen molar-refractivity contribution >= 4 is 17.7 Å². The van der Waals surface area contributed by atoms with Crippen LogP contribution in [0.3, 0.4) is 0 Å². The van der Waals surface area contributed by atoms with Gasteiger partial charge in [0.25, 0.3) is 11.8 Å². The highest BCUT2D eigenvalue weighted by molar-refractivity contribution is 6.07. The van der Waals surface area contributed by atoms with Crippen molar-refractivity contribution in [2.24, 2.45) is 5.73 Å². The minimum absolute atomic E-state index is 0.00133. The lowest BCUT2D eigenvalue weighted by molar-refractivity contribution is -0.132. The Morgan fingerprint density at radius 1 is 1.15 bits per heavy atom. The molecule has 0 bridgehead atoms. The Labute approximate surface area is 151 Å². The van der Waals surface area contributed by atoms with Crippen LogP contribution in [-0.2, 0) is 14.4 Å². The lowest BCUT2D eigenvalue weighted by atomic mass is 9.82. The van der Waals surface area contributed by atoms with Crippen LogP contribution < -0.4 is 11.1 Å². The second-order valence-corrected chi connectivity index (χ2v) is 6.89. The van der Waals surface area contributed by atoms with Gasteiger partial charge >= 0.3 is 0 Å². The van der Waals surface area contributed by atoms with Gasteiger partial charge in [-0.3, -0.25) is 14.4 Å². The molecular formula is C19H23N3O4. The first kappa shape index (κ1) is 18.0. The largest absolute Gasteiger partial charge is 0.503 e. The van der Waals surface area contributed by atoms with Crippen LogP contribution in [0.5, 0.6) is 0 Å². The van der Waals surface area contributed by atoms with E-state index in [1.807, 2.05) is 18.2 Å². The molecule has 1 aromatic carbocycles. The van der Waals surface area contributed by atoms with E-state index in [1.165, 1.54) is 5.56 Å². The van der Waals surface area contributed by atoms with Crippen LogP contribution in [0.25, 0.3) is 0 Å². The number of carbonyl (C=O) groups is 3. The van der Waals surface area contributed by atoms with Crippen molar-refractivity contribution in [2.45, 2.75) is 37.6 Å². The molecule has 3 rings (SSSR count). The molecule has 1 heterocycles. The molecule has 2 aliphatic rings.